The molecule has 1 fully saturated rings. The Morgan fingerprint density at radius 3 is 2.59 bits per heavy atom. The summed E-state index contributed by atoms with van der Waals surface area (Å²) in [4.78, 5) is 23.8. The molecule has 122 valence electrons. The van der Waals surface area contributed by atoms with Crippen molar-refractivity contribution in [2.75, 3.05) is 0 Å². The second kappa shape index (κ2) is 6.94. The minimum absolute atomic E-state index is 0.150. The number of nitrogens with one attached hydrogen (secondary N) is 1. The Hall–Kier alpha value is -1.85. The smallest absolute Gasteiger partial charge is 0.307 e. The van der Waals surface area contributed by atoms with Crippen molar-refractivity contribution in [1.29, 1.82) is 0 Å². The molecule has 22 heavy (non-hydrogen) atoms. The normalized spacial score (nSPS) is 23.0. The summed E-state index contributed by atoms with van der Waals surface area (Å²) < 4.78 is 1.84. The van der Waals surface area contributed by atoms with Gasteiger partial charge in [-0.3, -0.25) is 14.3 Å². The van der Waals surface area contributed by atoms with Crippen LogP contribution in [0.4, 0.5) is 0 Å². The molecule has 1 aliphatic carbocycles. The van der Waals surface area contributed by atoms with Crippen molar-refractivity contribution in [2.45, 2.75) is 59.0 Å². The minimum Gasteiger partial charge on any atom is -0.481 e. The first-order chi connectivity index (χ1) is 10.4. The second-order valence-electron chi connectivity index (χ2n) is 6.09. The van der Waals surface area contributed by atoms with Gasteiger partial charge in [-0.2, -0.15) is 5.10 Å². The van der Waals surface area contributed by atoms with Gasteiger partial charge in [-0.1, -0.05) is 12.8 Å². The molecule has 1 aromatic heterocycles. The highest BCUT2D eigenvalue weighted by Crippen LogP contribution is 2.31. The van der Waals surface area contributed by atoms with Crippen molar-refractivity contribution in [3.8, 4) is 0 Å². The van der Waals surface area contributed by atoms with Crippen LogP contribution in [0.1, 0.15) is 56.8 Å². The van der Waals surface area contributed by atoms with Crippen LogP contribution in [0.5, 0.6) is 0 Å². The number of carbonyl (C=O) groups is 2. The Balaban J connectivity index is 2.06. The highest BCUT2D eigenvalue weighted by Gasteiger charge is 2.36. The number of carboxylic acids is 1. The summed E-state index contributed by atoms with van der Waals surface area (Å²) in [6.07, 6.45) is 4.99. The molecule has 1 saturated carbocycles. The molecule has 0 aromatic carbocycles. The molecule has 0 saturated heterocycles. The molecular formula is C16H25N3O3. The van der Waals surface area contributed by atoms with E-state index in [9.17, 15) is 14.7 Å². The molecule has 1 amide bonds. The van der Waals surface area contributed by atoms with Gasteiger partial charge >= 0.3 is 5.97 Å². The van der Waals surface area contributed by atoms with Crippen LogP contribution in [-0.2, 0) is 16.1 Å². The Kier molecular flexibility index (Phi) is 5.21. The summed E-state index contributed by atoms with van der Waals surface area (Å²) in [5, 5.41) is 16.7. The third kappa shape index (κ3) is 3.48. The molecule has 6 nitrogen and oxygen atoms in total. The van der Waals surface area contributed by atoms with E-state index in [4.69, 9.17) is 0 Å². The summed E-state index contributed by atoms with van der Waals surface area (Å²) in [7, 11) is 0. The molecule has 6 heteroatoms. The SMILES string of the molecule is CCn1cc([C@@H](C)NC(=O)[C@@H]2CCCC[C@@H]2C(=O)O)c(C)n1. The predicted molar refractivity (Wildman–Crippen MR) is 82.3 cm³/mol. The standard InChI is InChI=1S/C16H25N3O3/c1-4-19-9-14(11(3)18-19)10(2)17-15(20)12-7-5-6-8-13(12)16(21)22/h9-10,12-13H,4-8H2,1-3H3,(H,17,20)(H,21,22)/t10-,12-,13+/m1/s1. The van der Waals surface area contributed by atoms with Crippen molar-refractivity contribution in [3.05, 3.63) is 17.5 Å². The zero-order valence-corrected chi connectivity index (χ0v) is 13.5. The Labute approximate surface area is 130 Å². The average molecular weight is 307 g/mol. The molecule has 1 aromatic rings. The maximum Gasteiger partial charge on any atom is 0.307 e. The van der Waals surface area contributed by atoms with Crippen molar-refractivity contribution in [1.82, 2.24) is 15.1 Å². The van der Waals surface area contributed by atoms with E-state index in [1.54, 1.807) is 0 Å². The van der Waals surface area contributed by atoms with Crippen LogP contribution in [0.15, 0.2) is 6.20 Å². The van der Waals surface area contributed by atoms with Gasteiger partial charge in [-0.05, 0) is 33.6 Å². The zero-order chi connectivity index (χ0) is 16.3. The van der Waals surface area contributed by atoms with E-state index < -0.39 is 17.8 Å². The van der Waals surface area contributed by atoms with Crippen molar-refractivity contribution >= 4 is 11.9 Å². The number of hydrogen-bond acceptors (Lipinski definition) is 3. The number of aryl methyl sites for hydroxylation is 2. The van der Waals surface area contributed by atoms with Crippen LogP contribution >= 0.6 is 0 Å². The molecule has 0 spiro atoms. The first-order valence-corrected chi connectivity index (χ1v) is 8.01. The molecule has 1 aliphatic rings. The molecular weight excluding hydrogens is 282 g/mol. The number of hydrogen-bond donors (Lipinski definition) is 2. The molecule has 0 unspecified atom stereocenters. The molecule has 2 rings (SSSR count). The second-order valence-corrected chi connectivity index (χ2v) is 6.09. The monoisotopic (exact) mass is 307 g/mol. The van der Waals surface area contributed by atoms with Crippen molar-refractivity contribution in [3.63, 3.8) is 0 Å². The van der Waals surface area contributed by atoms with Gasteiger partial charge in [0.15, 0.2) is 0 Å². The van der Waals surface area contributed by atoms with Crippen LogP contribution in [0, 0.1) is 18.8 Å². The first-order valence-electron chi connectivity index (χ1n) is 8.01. The first kappa shape index (κ1) is 16.5. The maximum absolute atomic E-state index is 12.5. The van der Waals surface area contributed by atoms with E-state index >= 15 is 0 Å². The summed E-state index contributed by atoms with van der Waals surface area (Å²) in [6, 6.07) is -0.163. The Morgan fingerprint density at radius 1 is 1.41 bits per heavy atom. The highest BCUT2D eigenvalue weighted by atomic mass is 16.4. The number of amides is 1. The van der Waals surface area contributed by atoms with Crippen molar-refractivity contribution < 1.29 is 14.7 Å². The molecule has 3 atom stereocenters. The van der Waals surface area contributed by atoms with Gasteiger partial charge in [0.05, 0.1) is 23.6 Å². The van der Waals surface area contributed by atoms with E-state index in [1.165, 1.54) is 0 Å². The van der Waals surface area contributed by atoms with Crippen LogP contribution in [-0.4, -0.2) is 26.8 Å². The van der Waals surface area contributed by atoms with Crippen LogP contribution in [0.25, 0.3) is 0 Å². The fourth-order valence-corrected chi connectivity index (χ4v) is 3.26. The van der Waals surface area contributed by atoms with Gasteiger partial charge in [-0.15, -0.1) is 0 Å². The van der Waals surface area contributed by atoms with E-state index in [0.717, 1.165) is 30.6 Å². The molecule has 1 heterocycles. The predicted octanol–water partition coefficient (Wildman–Crippen LogP) is 2.28. The maximum atomic E-state index is 12.5. The minimum atomic E-state index is -0.859. The van der Waals surface area contributed by atoms with Gasteiger partial charge in [0.1, 0.15) is 0 Å². The van der Waals surface area contributed by atoms with E-state index in [1.807, 2.05) is 31.6 Å². The van der Waals surface area contributed by atoms with Gasteiger partial charge in [0, 0.05) is 18.3 Å². The van der Waals surface area contributed by atoms with Crippen LogP contribution < -0.4 is 5.32 Å². The fourth-order valence-electron chi connectivity index (χ4n) is 3.26. The average Bonchev–Trinajstić information content (AvgIpc) is 2.88. The molecule has 2 N–H and O–H groups in total. The third-order valence-corrected chi connectivity index (χ3v) is 4.55. The molecule has 0 radical (unpaired) electrons. The van der Waals surface area contributed by atoms with Gasteiger partial charge in [-0.25, -0.2) is 0 Å². The Bertz CT molecular complexity index is 553. The van der Waals surface area contributed by atoms with Gasteiger partial charge < -0.3 is 10.4 Å². The van der Waals surface area contributed by atoms with Gasteiger partial charge in [0.2, 0.25) is 5.91 Å². The van der Waals surface area contributed by atoms with Crippen molar-refractivity contribution in [2.24, 2.45) is 11.8 Å². The lowest BCUT2D eigenvalue weighted by Gasteiger charge is -2.28. The molecule has 0 bridgehead atoms. The Morgan fingerprint density at radius 2 is 2.05 bits per heavy atom. The number of aliphatic carboxylic acids is 1. The van der Waals surface area contributed by atoms with Gasteiger partial charge in [0.25, 0.3) is 0 Å². The number of carbonyl (C=O) groups excluding carboxylic acids is 1. The lowest BCUT2D eigenvalue weighted by molar-refractivity contribution is -0.149. The van der Waals surface area contributed by atoms with Crippen LogP contribution in [0.3, 0.4) is 0 Å². The number of aromatic nitrogens is 2. The van der Waals surface area contributed by atoms with Crippen LogP contribution in [0.2, 0.25) is 0 Å². The lowest BCUT2D eigenvalue weighted by Crippen LogP contribution is -2.40. The fraction of sp³-hybridized carbons (Fsp3) is 0.688. The van der Waals surface area contributed by atoms with E-state index in [0.29, 0.717) is 12.8 Å². The summed E-state index contributed by atoms with van der Waals surface area (Å²) in [5.41, 5.74) is 1.88. The molecule has 0 aliphatic heterocycles. The largest absolute Gasteiger partial charge is 0.481 e. The van der Waals surface area contributed by atoms with E-state index in [-0.39, 0.29) is 11.9 Å². The zero-order valence-electron chi connectivity index (χ0n) is 13.5. The number of nitrogens with zero attached hydrogens (tertiary/aromatic N) is 2. The summed E-state index contributed by atoms with van der Waals surface area (Å²) in [6.45, 7) is 6.63. The van der Waals surface area contributed by atoms with E-state index in [2.05, 4.69) is 10.4 Å². The summed E-state index contributed by atoms with van der Waals surface area (Å²) in [5.74, 6) is -1.98. The number of rotatable bonds is 5. The number of carboxylic acid groups (broad SMARTS) is 1. The highest BCUT2D eigenvalue weighted by molar-refractivity contribution is 5.85. The third-order valence-electron chi connectivity index (χ3n) is 4.55. The lowest BCUT2D eigenvalue weighted by atomic mass is 9.78. The topological polar surface area (TPSA) is 84.2 Å². The quantitative estimate of drug-likeness (QED) is 0.874. The summed E-state index contributed by atoms with van der Waals surface area (Å²) >= 11 is 0.